The number of carbonyl (C=O) groups is 1. The number of aliphatic hydroxyl groups excluding tert-OH is 1. The van der Waals surface area contributed by atoms with Gasteiger partial charge in [0.25, 0.3) is 0 Å². The van der Waals surface area contributed by atoms with Gasteiger partial charge in [0.2, 0.25) is 5.91 Å². The Morgan fingerprint density at radius 1 is 1.29 bits per heavy atom. The van der Waals surface area contributed by atoms with Crippen LogP contribution in [-0.2, 0) is 11.2 Å². The first kappa shape index (κ1) is 14.6. The van der Waals surface area contributed by atoms with Crippen LogP contribution in [0.1, 0.15) is 49.7 Å². The van der Waals surface area contributed by atoms with Crippen LogP contribution in [-0.4, -0.2) is 34.1 Å². The van der Waals surface area contributed by atoms with E-state index in [9.17, 15) is 9.90 Å². The number of benzene rings is 1. The van der Waals surface area contributed by atoms with E-state index in [0.717, 1.165) is 45.1 Å². The summed E-state index contributed by atoms with van der Waals surface area (Å²) in [5.41, 5.74) is 2.23. The molecule has 0 aromatic heterocycles. The molecular weight excluding hydrogens is 262 g/mol. The second kappa shape index (κ2) is 5.80. The van der Waals surface area contributed by atoms with Gasteiger partial charge in [-0.1, -0.05) is 42.7 Å². The maximum absolute atomic E-state index is 12.6. The van der Waals surface area contributed by atoms with E-state index in [1.807, 2.05) is 4.90 Å². The zero-order valence-electron chi connectivity index (χ0n) is 12.8. The van der Waals surface area contributed by atoms with E-state index in [-0.39, 0.29) is 17.6 Å². The van der Waals surface area contributed by atoms with Crippen molar-refractivity contribution >= 4 is 5.91 Å². The normalized spacial score (nSPS) is 23.9. The summed E-state index contributed by atoms with van der Waals surface area (Å²) in [5, 5.41) is 10.3. The molecule has 21 heavy (non-hydrogen) atoms. The van der Waals surface area contributed by atoms with Crippen molar-refractivity contribution in [2.75, 3.05) is 6.54 Å². The molecule has 1 saturated heterocycles. The molecule has 114 valence electrons. The predicted molar refractivity (Wildman–Crippen MR) is 83.0 cm³/mol. The fraction of sp³-hybridized carbons (Fsp3) is 0.611. The van der Waals surface area contributed by atoms with Crippen molar-refractivity contribution in [2.45, 2.75) is 63.5 Å². The van der Waals surface area contributed by atoms with E-state index in [1.54, 1.807) is 0 Å². The minimum Gasteiger partial charge on any atom is -0.391 e. The average Bonchev–Trinajstić information content (AvgIpc) is 3.08. The SMILES string of the molecule is Cc1ccc(CCC(=O)N2CC[C@H](O)C23CCCC3)cc1. The number of nitrogens with zero attached hydrogens (tertiary/aromatic N) is 1. The first-order valence-corrected chi connectivity index (χ1v) is 8.16. The molecule has 0 bridgehead atoms. The molecule has 1 aromatic carbocycles. The zero-order chi connectivity index (χ0) is 14.9. The molecule has 1 aliphatic heterocycles. The standard InChI is InChI=1S/C18H25NO2/c1-14-4-6-15(7-5-14)8-9-17(21)19-13-10-16(20)18(19)11-2-3-12-18/h4-7,16,20H,2-3,8-13H2,1H3/t16-/m0/s1. The van der Waals surface area contributed by atoms with Crippen LogP contribution in [0, 0.1) is 6.92 Å². The van der Waals surface area contributed by atoms with Gasteiger partial charge < -0.3 is 10.0 Å². The van der Waals surface area contributed by atoms with E-state index >= 15 is 0 Å². The van der Waals surface area contributed by atoms with Crippen LogP contribution in [0.25, 0.3) is 0 Å². The van der Waals surface area contributed by atoms with Crippen LogP contribution < -0.4 is 0 Å². The largest absolute Gasteiger partial charge is 0.391 e. The molecule has 1 aliphatic carbocycles. The Labute approximate surface area is 127 Å². The summed E-state index contributed by atoms with van der Waals surface area (Å²) in [6, 6.07) is 8.40. The molecule has 0 unspecified atom stereocenters. The molecule has 1 aromatic rings. The second-order valence-electron chi connectivity index (χ2n) is 6.65. The van der Waals surface area contributed by atoms with Gasteiger partial charge >= 0.3 is 0 Å². The lowest BCUT2D eigenvalue weighted by molar-refractivity contribution is -0.137. The van der Waals surface area contributed by atoms with E-state index in [4.69, 9.17) is 0 Å². The number of carbonyl (C=O) groups excluding carboxylic acids is 1. The lowest BCUT2D eigenvalue weighted by Gasteiger charge is -2.37. The molecule has 3 rings (SSSR count). The predicted octanol–water partition coefficient (Wildman–Crippen LogP) is 2.83. The Bertz CT molecular complexity index is 502. The molecule has 3 nitrogen and oxygen atoms in total. The van der Waals surface area contributed by atoms with E-state index in [1.165, 1.54) is 11.1 Å². The van der Waals surface area contributed by atoms with E-state index < -0.39 is 0 Å². The smallest absolute Gasteiger partial charge is 0.223 e. The molecule has 1 amide bonds. The second-order valence-corrected chi connectivity index (χ2v) is 6.65. The summed E-state index contributed by atoms with van der Waals surface area (Å²) in [4.78, 5) is 14.6. The van der Waals surface area contributed by atoms with Crippen molar-refractivity contribution in [3.63, 3.8) is 0 Å². The lowest BCUT2D eigenvalue weighted by atomic mass is 9.91. The summed E-state index contributed by atoms with van der Waals surface area (Å²) in [5.74, 6) is 0.217. The van der Waals surface area contributed by atoms with Crippen molar-refractivity contribution in [3.8, 4) is 0 Å². The summed E-state index contributed by atoms with van der Waals surface area (Å²) >= 11 is 0. The molecule has 2 fully saturated rings. The van der Waals surface area contributed by atoms with Crippen LogP contribution in [0.3, 0.4) is 0 Å². The molecule has 2 aliphatic rings. The fourth-order valence-corrected chi connectivity index (χ4v) is 4.03. The molecule has 1 spiro atoms. The first-order valence-electron chi connectivity index (χ1n) is 8.16. The zero-order valence-corrected chi connectivity index (χ0v) is 12.8. The van der Waals surface area contributed by atoms with Crippen molar-refractivity contribution < 1.29 is 9.90 Å². The molecule has 1 heterocycles. The van der Waals surface area contributed by atoms with E-state index in [0.29, 0.717) is 6.42 Å². The van der Waals surface area contributed by atoms with Gasteiger partial charge in [0.05, 0.1) is 11.6 Å². The maximum Gasteiger partial charge on any atom is 0.223 e. The van der Waals surface area contributed by atoms with Crippen molar-refractivity contribution in [2.24, 2.45) is 0 Å². The number of aliphatic hydroxyl groups is 1. The van der Waals surface area contributed by atoms with Gasteiger partial charge in [0.1, 0.15) is 0 Å². The number of rotatable bonds is 3. The van der Waals surface area contributed by atoms with Gasteiger partial charge in [0, 0.05) is 13.0 Å². The quantitative estimate of drug-likeness (QED) is 0.928. The maximum atomic E-state index is 12.6. The Hall–Kier alpha value is -1.35. The number of aryl methyl sites for hydroxylation is 2. The third-order valence-electron chi connectivity index (χ3n) is 5.30. The minimum absolute atomic E-state index is 0.217. The van der Waals surface area contributed by atoms with Crippen molar-refractivity contribution in [3.05, 3.63) is 35.4 Å². The van der Waals surface area contributed by atoms with Crippen LogP contribution >= 0.6 is 0 Å². The number of amides is 1. The Balaban J connectivity index is 1.64. The fourth-order valence-electron chi connectivity index (χ4n) is 4.03. The lowest BCUT2D eigenvalue weighted by Crippen LogP contribution is -2.50. The molecule has 1 saturated carbocycles. The summed E-state index contributed by atoms with van der Waals surface area (Å²) in [6.07, 6.45) is 6.01. The molecule has 0 radical (unpaired) electrons. The Morgan fingerprint density at radius 3 is 2.62 bits per heavy atom. The van der Waals surface area contributed by atoms with Crippen LogP contribution in [0.2, 0.25) is 0 Å². The highest BCUT2D eigenvalue weighted by Gasteiger charge is 2.51. The van der Waals surface area contributed by atoms with Crippen molar-refractivity contribution in [1.82, 2.24) is 4.90 Å². The van der Waals surface area contributed by atoms with Gasteiger partial charge in [-0.25, -0.2) is 0 Å². The van der Waals surface area contributed by atoms with Gasteiger partial charge in [-0.2, -0.15) is 0 Å². The monoisotopic (exact) mass is 287 g/mol. The first-order chi connectivity index (χ1) is 10.1. The topological polar surface area (TPSA) is 40.5 Å². The van der Waals surface area contributed by atoms with Crippen LogP contribution in [0.5, 0.6) is 0 Å². The average molecular weight is 287 g/mol. The van der Waals surface area contributed by atoms with Crippen LogP contribution in [0.15, 0.2) is 24.3 Å². The molecule has 3 heteroatoms. The highest BCUT2D eigenvalue weighted by molar-refractivity contribution is 5.78. The van der Waals surface area contributed by atoms with Gasteiger partial charge in [-0.05, 0) is 38.2 Å². The molecule has 1 N–H and O–H groups in total. The summed E-state index contributed by atoms with van der Waals surface area (Å²) in [7, 11) is 0. The summed E-state index contributed by atoms with van der Waals surface area (Å²) < 4.78 is 0. The van der Waals surface area contributed by atoms with Gasteiger partial charge in [0.15, 0.2) is 0 Å². The Morgan fingerprint density at radius 2 is 1.95 bits per heavy atom. The van der Waals surface area contributed by atoms with Gasteiger partial charge in [-0.15, -0.1) is 0 Å². The van der Waals surface area contributed by atoms with Crippen LogP contribution in [0.4, 0.5) is 0 Å². The van der Waals surface area contributed by atoms with Crippen molar-refractivity contribution in [1.29, 1.82) is 0 Å². The third kappa shape index (κ3) is 2.71. The van der Waals surface area contributed by atoms with Gasteiger partial charge in [-0.3, -0.25) is 4.79 Å². The summed E-state index contributed by atoms with van der Waals surface area (Å²) in [6.45, 7) is 2.80. The minimum atomic E-state index is -0.316. The number of likely N-dealkylation sites (tertiary alicyclic amines) is 1. The molecule has 1 atom stereocenters. The third-order valence-corrected chi connectivity index (χ3v) is 5.30. The number of hydrogen-bond donors (Lipinski definition) is 1. The van der Waals surface area contributed by atoms with E-state index in [2.05, 4.69) is 31.2 Å². The Kier molecular flexibility index (Phi) is 4.03. The highest BCUT2D eigenvalue weighted by atomic mass is 16.3. The molecular formula is C18H25NO2. The number of hydrogen-bond acceptors (Lipinski definition) is 2. The highest BCUT2D eigenvalue weighted by Crippen LogP contribution is 2.43.